The Bertz CT molecular complexity index is 212. The van der Waals surface area contributed by atoms with Crippen molar-refractivity contribution in [3.8, 4) is 24.2 Å². The van der Waals surface area contributed by atoms with Crippen molar-refractivity contribution in [2.75, 3.05) is 0 Å². The van der Waals surface area contributed by atoms with Gasteiger partial charge in [-0.1, -0.05) is 17.8 Å². The molecule has 0 spiro atoms. The first-order valence-corrected chi connectivity index (χ1v) is 2.83. The van der Waals surface area contributed by atoms with E-state index in [9.17, 15) is 4.79 Å². The first kappa shape index (κ1) is 8.59. The zero-order valence-corrected chi connectivity index (χ0v) is 5.72. The second-order valence-corrected chi connectivity index (χ2v) is 1.78. The molecule has 1 atom stereocenters. The number of carboxylic acids is 1. The molecule has 0 aliphatic rings. The first-order valence-electron chi connectivity index (χ1n) is 2.83. The molecule has 0 saturated carbocycles. The molecule has 0 rings (SSSR count). The van der Waals surface area contributed by atoms with Gasteiger partial charge in [-0.2, -0.15) is 0 Å². The third-order valence-electron chi connectivity index (χ3n) is 0.808. The zero-order chi connectivity index (χ0) is 7.98. The molecule has 52 valence electrons. The Kier molecular flexibility index (Phi) is 3.84. The Hall–Kier alpha value is -1.41. The third kappa shape index (κ3) is 4.74. The highest BCUT2D eigenvalue weighted by atomic mass is 16.4. The van der Waals surface area contributed by atoms with Crippen molar-refractivity contribution < 1.29 is 9.90 Å². The standard InChI is InChI=1S/C8H8O2/c1-3-7(2)5-4-6-8(9)10/h1,7H,6H2,2H3,(H,9,10). The van der Waals surface area contributed by atoms with E-state index in [-0.39, 0.29) is 12.3 Å². The fraction of sp³-hybridized carbons (Fsp3) is 0.375. The SMILES string of the molecule is C#CC(C)C#CCC(=O)O. The smallest absolute Gasteiger partial charge is 0.315 e. The highest BCUT2D eigenvalue weighted by Crippen LogP contribution is 1.86. The van der Waals surface area contributed by atoms with E-state index in [0.29, 0.717) is 0 Å². The summed E-state index contributed by atoms with van der Waals surface area (Å²) in [6.07, 6.45) is 4.86. The highest BCUT2D eigenvalue weighted by Gasteiger charge is 1.89. The fourth-order valence-electron chi connectivity index (χ4n) is 0.321. The zero-order valence-electron chi connectivity index (χ0n) is 5.72. The summed E-state index contributed by atoms with van der Waals surface area (Å²) in [6.45, 7) is 1.74. The number of carboxylic acid groups (broad SMARTS) is 1. The minimum atomic E-state index is -0.920. The number of carbonyl (C=O) groups is 1. The van der Waals surface area contributed by atoms with E-state index in [0.717, 1.165) is 0 Å². The van der Waals surface area contributed by atoms with Gasteiger partial charge in [0.15, 0.2) is 0 Å². The average molecular weight is 136 g/mol. The normalized spacial score (nSPS) is 10.4. The summed E-state index contributed by atoms with van der Waals surface area (Å²) in [5, 5.41) is 8.14. The van der Waals surface area contributed by atoms with Crippen molar-refractivity contribution in [3.63, 3.8) is 0 Å². The van der Waals surface area contributed by atoms with E-state index < -0.39 is 5.97 Å². The highest BCUT2D eigenvalue weighted by molar-refractivity contribution is 5.69. The van der Waals surface area contributed by atoms with Crippen molar-refractivity contribution in [2.45, 2.75) is 13.3 Å². The summed E-state index contributed by atoms with van der Waals surface area (Å²) in [5.41, 5.74) is 0. The van der Waals surface area contributed by atoms with Crippen LogP contribution < -0.4 is 0 Å². The molecular formula is C8H8O2. The second-order valence-electron chi connectivity index (χ2n) is 1.78. The lowest BCUT2D eigenvalue weighted by molar-refractivity contribution is -0.135. The molecule has 0 bridgehead atoms. The number of terminal acetylenes is 1. The van der Waals surface area contributed by atoms with Crippen LogP contribution in [0, 0.1) is 30.1 Å². The van der Waals surface area contributed by atoms with Gasteiger partial charge in [-0.25, -0.2) is 0 Å². The lowest BCUT2D eigenvalue weighted by atomic mass is 10.2. The van der Waals surface area contributed by atoms with Crippen molar-refractivity contribution in [1.82, 2.24) is 0 Å². The molecule has 0 aliphatic heterocycles. The molecule has 0 aromatic carbocycles. The van der Waals surface area contributed by atoms with Crippen LogP contribution in [0.1, 0.15) is 13.3 Å². The molecule has 0 aliphatic carbocycles. The van der Waals surface area contributed by atoms with E-state index in [4.69, 9.17) is 11.5 Å². The lowest BCUT2D eigenvalue weighted by Gasteiger charge is -1.85. The Labute approximate surface area is 60.2 Å². The quantitative estimate of drug-likeness (QED) is 0.539. The first-order chi connectivity index (χ1) is 4.66. The van der Waals surface area contributed by atoms with Gasteiger partial charge in [-0.3, -0.25) is 4.79 Å². The van der Waals surface area contributed by atoms with Crippen molar-refractivity contribution in [2.24, 2.45) is 5.92 Å². The summed E-state index contributed by atoms with van der Waals surface area (Å²) in [7, 11) is 0. The predicted octanol–water partition coefficient (Wildman–Crippen LogP) is 0.734. The Balaban J connectivity index is 3.72. The number of hydrogen-bond donors (Lipinski definition) is 1. The van der Waals surface area contributed by atoms with E-state index in [1.54, 1.807) is 6.92 Å². The van der Waals surface area contributed by atoms with Crippen molar-refractivity contribution in [1.29, 1.82) is 0 Å². The Morgan fingerprint density at radius 1 is 1.80 bits per heavy atom. The third-order valence-corrected chi connectivity index (χ3v) is 0.808. The molecule has 10 heavy (non-hydrogen) atoms. The van der Waals surface area contributed by atoms with E-state index in [1.165, 1.54) is 0 Å². The average Bonchev–Trinajstić information content (AvgIpc) is 1.87. The van der Waals surface area contributed by atoms with Crippen LogP contribution in [-0.4, -0.2) is 11.1 Å². The van der Waals surface area contributed by atoms with Crippen LogP contribution in [0.25, 0.3) is 0 Å². The number of aliphatic carboxylic acids is 1. The minimum absolute atomic E-state index is 0.133. The molecule has 0 radical (unpaired) electrons. The van der Waals surface area contributed by atoms with Gasteiger partial charge in [0.1, 0.15) is 6.42 Å². The van der Waals surface area contributed by atoms with Gasteiger partial charge in [0.25, 0.3) is 0 Å². The minimum Gasteiger partial charge on any atom is -0.481 e. The van der Waals surface area contributed by atoms with Crippen molar-refractivity contribution >= 4 is 5.97 Å². The molecule has 1 unspecified atom stereocenters. The number of rotatable bonds is 1. The largest absolute Gasteiger partial charge is 0.481 e. The van der Waals surface area contributed by atoms with Gasteiger partial charge in [0.2, 0.25) is 0 Å². The second kappa shape index (κ2) is 4.47. The van der Waals surface area contributed by atoms with Gasteiger partial charge < -0.3 is 5.11 Å². The maximum atomic E-state index is 9.91. The molecule has 0 heterocycles. The van der Waals surface area contributed by atoms with E-state index >= 15 is 0 Å². The van der Waals surface area contributed by atoms with Crippen LogP contribution in [0.15, 0.2) is 0 Å². The van der Waals surface area contributed by atoms with Crippen LogP contribution in [0.3, 0.4) is 0 Å². The molecule has 2 nitrogen and oxygen atoms in total. The van der Waals surface area contributed by atoms with Crippen LogP contribution in [0.4, 0.5) is 0 Å². The molecule has 0 amide bonds. The molecule has 0 fully saturated rings. The van der Waals surface area contributed by atoms with Crippen LogP contribution >= 0.6 is 0 Å². The molecule has 0 saturated heterocycles. The van der Waals surface area contributed by atoms with Crippen LogP contribution in [0.2, 0.25) is 0 Å². The van der Waals surface area contributed by atoms with Gasteiger partial charge >= 0.3 is 5.97 Å². The van der Waals surface area contributed by atoms with Gasteiger partial charge in [0.05, 0.1) is 5.92 Å². The maximum Gasteiger partial charge on any atom is 0.315 e. The van der Waals surface area contributed by atoms with Gasteiger partial charge in [0, 0.05) is 0 Å². The molecular weight excluding hydrogens is 128 g/mol. The number of hydrogen-bond acceptors (Lipinski definition) is 1. The van der Waals surface area contributed by atoms with E-state index in [2.05, 4.69) is 17.8 Å². The summed E-state index contributed by atoms with van der Waals surface area (Å²) in [5.74, 6) is 6.34. The summed E-state index contributed by atoms with van der Waals surface area (Å²) in [6, 6.07) is 0. The Morgan fingerprint density at radius 2 is 2.40 bits per heavy atom. The van der Waals surface area contributed by atoms with Crippen molar-refractivity contribution in [3.05, 3.63) is 0 Å². The summed E-state index contributed by atoms with van der Waals surface area (Å²) in [4.78, 5) is 9.91. The van der Waals surface area contributed by atoms with Gasteiger partial charge in [-0.15, -0.1) is 6.42 Å². The Morgan fingerprint density at radius 3 is 2.80 bits per heavy atom. The van der Waals surface area contributed by atoms with Crippen LogP contribution in [0.5, 0.6) is 0 Å². The molecule has 1 N–H and O–H groups in total. The molecule has 0 aromatic rings. The topological polar surface area (TPSA) is 37.3 Å². The monoisotopic (exact) mass is 136 g/mol. The lowest BCUT2D eigenvalue weighted by Crippen LogP contribution is -1.91. The van der Waals surface area contributed by atoms with Crippen LogP contribution in [-0.2, 0) is 4.79 Å². The molecule has 2 heteroatoms. The fourth-order valence-corrected chi connectivity index (χ4v) is 0.321. The summed E-state index contributed by atoms with van der Waals surface area (Å²) >= 11 is 0. The predicted molar refractivity (Wildman–Crippen MR) is 38.0 cm³/mol. The maximum absolute atomic E-state index is 9.91. The summed E-state index contributed by atoms with van der Waals surface area (Å²) < 4.78 is 0. The van der Waals surface area contributed by atoms with E-state index in [1.807, 2.05) is 0 Å². The molecule has 0 aromatic heterocycles. The van der Waals surface area contributed by atoms with Gasteiger partial charge in [-0.05, 0) is 6.92 Å².